The molecule has 0 heterocycles. The molecule has 2 rings (SSSR count). The van der Waals surface area contributed by atoms with Gasteiger partial charge in [0.15, 0.2) is 0 Å². The normalized spacial score (nSPS) is 10.6. The van der Waals surface area contributed by atoms with Gasteiger partial charge >= 0.3 is 0 Å². The molecule has 0 aromatic heterocycles. The van der Waals surface area contributed by atoms with Crippen LogP contribution in [0.5, 0.6) is 5.75 Å². The standard InChI is InChI=1S/C18H23FN2O/c1-2-22-18-8-5-15(13-17(18)20)10-12-21-11-9-14-3-6-16(19)7-4-14/h3-8,13,21H,2,9-12,20H2,1H3. The van der Waals surface area contributed by atoms with Gasteiger partial charge in [0.05, 0.1) is 12.3 Å². The molecule has 0 amide bonds. The van der Waals surface area contributed by atoms with Crippen LogP contribution < -0.4 is 15.8 Å². The van der Waals surface area contributed by atoms with E-state index in [0.717, 1.165) is 37.2 Å². The fraction of sp³-hybridized carbons (Fsp3) is 0.333. The number of hydrogen-bond acceptors (Lipinski definition) is 3. The highest BCUT2D eigenvalue weighted by Gasteiger charge is 2.01. The summed E-state index contributed by atoms with van der Waals surface area (Å²) in [5, 5.41) is 3.39. The van der Waals surface area contributed by atoms with Crippen LogP contribution in [0, 0.1) is 5.82 Å². The van der Waals surface area contributed by atoms with Crippen LogP contribution in [0.25, 0.3) is 0 Å². The first-order valence-corrected chi connectivity index (χ1v) is 7.65. The molecule has 3 nitrogen and oxygen atoms in total. The molecule has 0 bridgehead atoms. The van der Waals surface area contributed by atoms with Crippen LogP contribution in [0.15, 0.2) is 42.5 Å². The molecule has 0 aliphatic heterocycles. The maximum Gasteiger partial charge on any atom is 0.142 e. The highest BCUT2D eigenvalue weighted by atomic mass is 19.1. The predicted molar refractivity (Wildman–Crippen MR) is 88.7 cm³/mol. The Labute approximate surface area is 131 Å². The van der Waals surface area contributed by atoms with Gasteiger partial charge in [-0.15, -0.1) is 0 Å². The van der Waals surface area contributed by atoms with E-state index in [0.29, 0.717) is 12.3 Å². The zero-order valence-electron chi connectivity index (χ0n) is 12.9. The Morgan fingerprint density at radius 1 is 1.00 bits per heavy atom. The number of benzene rings is 2. The molecule has 0 saturated heterocycles. The lowest BCUT2D eigenvalue weighted by atomic mass is 10.1. The molecule has 0 saturated carbocycles. The molecule has 0 unspecified atom stereocenters. The van der Waals surface area contributed by atoms with E-state index in [4.69, 9.17) is 10.5 Å². The van der Waals surface area contributed by atoms with E-state index in [1.807, 2.05) is 37.3 Å². The fourth-order valence-corrected chi connectivity index (χ4v) is 2.28. The molecule has 2 aromatic rings. The summed E-state index contributed by atoms with van der Waals surface area (Å²) in [6.45, 7) is 4.32. The van der Waals surface area contributed by atoms with Crippen molar-refractivity contribution < 1.29 is 9.13 Å². The molecule has 3 N–H and O–H groups in total. The zero-order valence-corrected chi connectivity index (χ0v) is 12.9. The summed E-state index contributed by atoms with van der Waals surface area (Å²) < 4.78 is 18.2. The number of anilines is 1. The van der Waals surface area contributed by atoms with Crippen LogP contribution in [-0.2, 0) is 12.8 Å². The van der Waals surface area contributed by atoms with Crippen molar-refractivity contribution in [1.29, 1.82) is 0 Å². The Hall–Kier alpha value is -2.07. The minimum atomic E-state index is -0.190. The molecule has 0 spiro atoms. The Bertz CT molecular complexity index is 584. The summed E-state index contributed by atoms with van der Waals surface area (Å²) in [4.78, 5) is 0. The van der Waals surface area contributed by atoms with Crippen LogP contribution in [0.2, 0.25) is 0 Å². The topological polar surface area (TPSA) is 47.3 Å². The van der Waals surface area contributed by atoms with Crippen molar-refractivity contribution in [2.75, 3.05) is 25.4 Å². The van der Waals surface area contributed by atoms with Crippen LogP contribution in [-0.4, -0.2) is 19.7 Å². The Morgan fingerprint density at radius 2 is 1.64 bits per heavy atom. The molecule has 22 heavy (non-hydrogen) atoms. The fourth-order valence-electron chi connectivity index (χ4n) is 2.28. The number of halogens is 1. The van der Waals surface area contributed by atoms with Gasteiger partial charge in [-0.2, -0.15) is 0 Å². The first-order valence-electron chi connectivity index (χ1n) is 7.65. The summed E-state index contributed by atoms with van der Waals surface area (Å²) >= 11 is 0. The molecular weight excluding hydrogens is 279 g/mol. The maximum atomic E-state index is 12.8. The van der Waals surface area contributed by atoms with E-state index < -0.39 is 0 Å². The lowest BCUT2D eigenvalue weighted by Crippen LogP contribution is -2.20. The highest BCUT2D eigenvalue weighted by Crippen LogP contribution is 2.22. The van der Waals surface area contributed by atoms with Gasteiger partial charge in [0, 0.05) is 0 Å². The molecule has 0 aliphatic carbocycles. The second-order valence-corrected chi connectivity index (χ2v) is 5.18. The molecule has 0 fully saturated rings. The summed E-state index contributed by atoms with van der Waals surface area (Å²) in [5.74, 6) is 0.556. The summed E-state index contributed by atoms with van der Waals surface area (Å²) in [5.41, 5.74) is 8.96. The van der Waals surface area contributed by atoms with E-state index >= 15 is 0 Å². The average molecular weight is 302 g/mol. The summed E-state index contributed by atoms with van der Waals surface area (Å²) in [7, 11) is 0. The Morgan fingerprint density at radius 3 is 2.27 bits per heavy atom. The Balaban J connectivity index is 1.70. The van der Waals surface area contributed by atoms with Crippen molar-refractivity contribution in [2.24, 2.45) is 0 Å². The van der Waals surface area contributed by atoms with Gasteiger partial charge in [0.1, 0.15) is 11.6 Å². The van der Waals surface area contributed by atoms with Crippen molar-refractivity contribution >= 4 is 5.69 Å². The number of hydrogen-bond donors (Lipinski definition) is 2. The second-order valence-electron chi connectivity index (χ2n) is 5.18. The van der Waals surface area contributed by atoms with Gasteiger partial charge in [-0.05, 0) is 68.2 Å². The van der Waals surface area contributed by atoms with Crippen LogP contribution in [0.3, 0.4) is 0 Å². The van der Waals surface area contributed by atoms with Crippen molar-refractivity contribution in [1.82, 2.24) is 5.32 Å². The number of nitrogens with two attached hydrogens (primary N) is 1. The van der Waals surface area contributed by atoms with E-state index in [1.54, 1.807) is 0 Å². The molecular formula is C18H23FN2O. The van der Waals surface area contributed by atoms with Crippen molar-refractivity contribution in [3.8, 4) is 5.75 Å². The van der Waals surface area contributed by atoms with E-state index in [-0.39, 0.29) is 5.82 Å². The van der Waals surface area contributed by atoms with Gasteiger partial charge in [-0.3, -0.25) is 0 Å². The predicted octanol–water partition coefficient (Wildman–Crippen LogP) is 3.18. The second kappa shape index (κ2) is 8.39. The van der Waals surface area contributed by atoms with Crippen LogP contribution >= 0.6 is 0 Å². The largest absolute Gasteiger partial charge is 0.492 e. The number of nitrogens with one attached hydrogen (secondary N) is 1. The third-order valence-electron chi connectivity index (χ3n) is 3.47. The van der Waals surface area contributed by atoms with Crippen LogP contribution in [0.4, 0.5) is 10.1 Å². The van der Waals surface area contributed by atoms with E-state index in [9.17, 15) is 4.39 Å². The summed E-state index contributed by atoms with van der Waals surface area (Å²) in [6, 6.07) is 12.6. The van der Waals surface area contributed by atoms with Gasteiger partial charge < -0.3 is 15.8 Å². The van der Waals surface area contributed by atoms with Crippen molar-refractivity contribution in [3.63, 3.8) is 0 Å². The number of ether oxygens (including phenoxy) is 1. The van der Waals surface area contributed by atoms with Crippen LogP contribution in [0.1, 0.15) is 18.1 Å². The first kappa shape index (κ1) is 16.3. The smallest absolute Gasteiger partial charge is 0.142 e. The monoisotopic (exact) mass is 302 g/mol. The number of rotatable bonds is 8. The van der Waals surface area contributed by atoms with E-state index in [1.165, 1.54) is 17.7 Å². The molecule has 0 atom stereocenters. The average Bonchev–Trinajstić information content (AvgIpc) is 2.51. The van der Waals surface area contributed by atoms with Gasteiger partial charge in [-0.1, -0.05) is 18.2 Å². The molecule has 118 valence electrons. The van der Waals surface area contributed by atoms with Gasteiger partial charge in [-0.25, -0.2) is 4.39 Å². The molecule has 0 radical (unpaired) electrons. The minimum absolute atomic E-state index is 0.190. The summed E-state index contributed by atoms with van der Waals surface area (Å²) in [6.07, 6.45) is 1.81. The van der Waals surface area contributed by atoms with Gasteiger partial charge in [0.25, 0.3) is 0 Å². The van der Waals surface area contributed by atoms with Gasteiger partial charge in [0.2, 0.25) is 0 Å². The first-order chi connectivity index (χ1) is 10.7. The van der Waals surface area contributed by atoms with E-state index in [2.05, 4.69) is 5.32 Å². The third-order valence-corrected chi connectivity index (χ3v) is 3.47. The third kappa shape index (κ3) is 5.04. The van der Waals surface area contributed by atoms with Crippen molar-refractivity contribution in [3.05, 3.63) is 59.4 Å². The molecule has 4 heteroatoms. The lowest BCUT2D eigenvalue weighted by Gasteiger charge is -2.09. The molecule has 2 aromatic carbocycles. The SMILES string of the molecule is CCOc1ccc(CCNCCc2ccc(F)cc2)cc1N. The zero-order chi connectivity index (χ0) is 15.8. The highest BCUT2D eigenvalue weighted by molar-refractivity contribution is 5.54. The minimum Gasteiger partial charge on any atom is -0.492 e. The Kier molecular flexibility index (Phi) is 6.22. The van der Waals surface area contributed by atoms with Crippen molar-refractivity contribution in [2.45, 2.75) is 19.8 Å². The molecule has 0 aliphatic rings. The maximum absolute atomic E-state index is 12.8. The quantitative estimate of drug-likeness (QED) is 0.581. The number of nitrogen functional groups attached to an aromatic ring is 1. The lowest BCUT2D eigenvalue weighted by molar-refractivity contribution is 0.342.